The number of hydrogen-bond donors (Lipinski definition) is 0. The number of hydrogen-bond acceptors (Lipinski definition) is 0. The first-order valence-electron chi connectivity index (χ1n) is 6.16. The molecule has 0 aliphatic heterocycles. The molecule has 0 bridgehead atoms. The lowest BCUT2D eigenvalue weighted by molar-refractivity contribution is 0.383. The highest BCUT2D eigenvalue weighted by Gasteiger charge is 2.15. The molecule has 0 saturated carbocycles. The van der Waals surface area contributed by atoms with Crippen LogP contribution >= 0.6 is 0 Å². The van der Waals surface area contributed by atoms with Gasteiger partial charge in [0, 0.05) is 0 Å². The summed E-state index contributed by atoms with van der Waals surface area (Å²) in [6.07, 6.45) is 5.22. The van der Waals surface area contributed by atoms with Crippen molar-refractivity contribution >= 4 is 0 Å². The quantitative estimate of drug-likeness (QED) is 0.500. The summed E-state index contributed by atoms with van der Waals surface area (Å²) in [6, 6.07) is 0. The van der Waals surface area contributed by atoms with E-state index in [0.29, 0.717) is 5.92 Å². The summed E-state index contributed by atoms with van der Waals surface area (Å²) in [4.78, 5) is 0. The standard InChI is InChI=1S/C14H28/c1-7-8-9-12(4)14(6)13(5)10-11(2)3/h11-12,14H,5,7-10H2,1-4,6H3. The van der Waals surface area contributed by atoms with E-state index in [9.17, 15) is 0 Å². The van der Waals surface area contributed by atoms with Gasteiger partial charge in [0.05, 0.1) is 0 Å². The Kier molecular flexibility index (Phi) is 6.96. The molecule has 0 spiro atoms. The second-order valence-electron chi connectivity index (χ2n) is 5.16. The highest BCUT2D eigenvalue weighted by Crippen LogP contribution is 2.27. The third kappa shape index (κ3) is 5.47. The van der Waals surface area contributed by atoms with Gasteiger partial charge in [0.1, 0.15) is 0 Å². The third-order valence-corrected chi connectivity index (χ3v) is 3.18. The minimum Gasteiger partial charge on any atom is -0.0996 e. The monoisotopic (exact) mass is 196 g/mol. The van der Waals surface area contributed by atoms with Crippen LogP contribution in [0.3, 0.4) is 0 Å². The van der Waals surface area contributed by atoms with Crippen molar-refractivity contribution in [3.8, 4) is 0 Å². The van der Waals surface area contributed by atoms with Crippen LogP contribution in [-0.4, -0.2) is 0 Å². The van der Waals surface area contributed by atoms with Gasteiger partial charge in [-0.1, -0.05) is 66.0 Å². The lowest BCUT2D eigenvalue weighted by atomic mass is 9.83. The van der Waals surface area contributed by atoms with Crippen molar-refractivity contribution in [2.45, 2.75) is 60.3 Å². The van der Waals surface area contributed by atoms with Crippen LogP contribution in [0.5, 0.6) is 0 Å². The van der Waals surface area contributed by atoms with E-state index in [1.807, 2.05) is 0 Å². The Balaban J connectivity index is 3.90. The fourth-order valence-corrected chi connectivity index (χ4v) is 1.89. The summed E-state index contributed by atoms with van der Waals surface area (Å²) >= 11 is 0. The molecular formula is C14H28. The molecule has 0 amide bonds. The fraction of sp³-hybridized carbons (Fsp3) is 0.857. The van der Waals surface area contributed by atoms with Gasteiger partial charge in [-0.2, -0.15) is 0 Å². The van der Waals surface area contributed by atoms with Gasteiger partial charge in [-0.3, -0.25) is 0 Å². The van der Waals surface area contributed by atoms with E-state index in [1.165, 1.54) is 31.3 Å². The summed E-state index contributed by atoms with van der Waals surface area (Å²) in [5, 5.41) is 0. The fourth-order valence-electron chi connectivity index (χ4n) is 1.89. The molecule has 0 rings (SSSR count). The zero-order valence-electron chi connectivity index (χ0n) is 10.8. The molecule has 0 aliphatic rings. The van der Waals surface area contributed by atoms with Crippen LogP contribution in [0.15, 0.2) is 12.2 Å². The van der Waals surface area contributed by atoms with Crippen LogP contribution < -0.4 is 0 Å². The zero-order chi connectivity index (χ0) is 11.1. The van der Waals surface area contributed by atoms with Crippen molar-refractivity contribution < 1.29 is 0 Å². The maximum absolute atomic E-state index is 4.22. The largest absolute Gasteiger partial charge is 0.0996 e. The average Bonchev–Trinajstić information content (AvgIpc) is 2.11. The lowest BCUT2D eigenvalue weighted by Gasteiger charge is -2.23. The summed E-state index contributed by atoms with van der Waals surface area (Å²) in [5.41, 5.74) is 1.45. The molecule has 84 valence electrons. The number of unbranched alkanes of at least 4 members (excludes halogenated alkanes) is 1. The second-order valence-corrected chi connectivity index (χ2v) is 5.16. The Hall–Kier alpha value is -0.260. The maximum atomic E-state index is 4.22. The highest BCUT2D eigenvalue weighted by atomic mass is 14.2. The van der Waals surface area contributed by atoms with Crippen molar-refractivity contribution in [3.05, 3.63) is 12.2 Å². The Morgan fingerprint density at radius 2 is 1.71 bits per heavy atom. The first kappa shape index (κ1) is 13.7. The molecule has 0 saturated heterocycles. The van der Waals surface area contributed by atoms with Gasteiger partial charge in [-0.25, -0.2) is 0 Å². The molecule has 0 heteroatoms. The van der Waals surface area contributed by atoms with Gasteiger partial charge in [-0.05, 0) is 24.2 Å². The van der Waals surface area contributed by atoms with E-state index in [-0.39, 0.29) is 0 Å². The molecule has 0 nitrogen and oxygen atoms in total. The van der Waals surface area contributed by atoms with E-state index in [1.54, 1.807) is 0 Å². The van der Waals surface area contributed by atoms with E-state index in [2.05, 4.69) is 41.2 Å². The summed E-state index contributed by atoms with van der Waals surface area (Å²) < 4.78 is 0. The van der Waals surface area contributed by atoms with Crippen LogP contribution in [-0.2, 0) is 0 Å². The molecule has 2 unspecified atom stereocenters. The van der Waals surface area contributed by atoms with Gasteiger partial charge in [0.25, 0.3) is 0 Å². The Morgan fingerprint density at radius 1 is 1.14 bits per heavy atom. The van der Waals surface area contributed by atoms with Crippen LogP contribution in [0.2, 0.25) is 0 Å². The first-order chi connectivity index (χ1) is 6.49. The van der Waals surface area contributed by atoms with Crippen molar-refractivity contribution in [2.24, 2.45) is 17.8 Å². The van der Waals surface area contributed by atoms with Gasteiger partial charge >= 0.3 is 0 Å². The SMILES string of the molecule is C=C(CC(C)C)C(C)C(C)CCCC. The predicted molar refractivity (Wildman–Crippen MR) is 66.4 cm³/mol. The zero-order valence-corrected chi connectivity index (χ0v) is 10.8. The molecule has 0 aromatic heterocycles. The van der Waals surface area contributed by atoms with Crippen LogP contribution in [0.1, 0.15) is 60.3 Å². The smallest absolute Gasteiger partial charge is 0.0209 e. The summed E-state index contributed by atoms with van der Waals surface area (Å²) in [7, 11) is 0. The normalized spacial score (nSPS) is 15.6. The van der Waals surface area contributed by atoms with E-state index < -0.39 is 0 Å². The van der Waals surface area contributed by atoms with Crippen LogP contribution in [0, 0.1) is 17.8 Å². The molecule has 0 radical (unpaired) electrons. The Labute approximate surface area is 90.8 Å². The molecule has 14 heavy (non-hydrogen) atoms. The van der Waals surface area contributed by atoms with Gasteiger partial charge < -0.3 is 0 Å². The van der Waals surface area contributed by atoms with Gasteiger partial charge in [0.2, 0.25) is 0 Å². The van der Waals surface area contributed by atoms with E-state index in [0.717, 1.165) is 11.8 Å². The van der Waals surface area contributed by atoms with Crippen LogP contribution in [0.25, 0.3) is 0 Å². The van der Waals surface area contributed by atoms with Crippen LogP contribution in [0.4, 0.5) is 0 Å². The highest BCUT2D eigenvalue weighted by molar-refractivity contribution is 5.01. The lowest BCUT2D eigenvalue weighted by Crippen LogP contribution is -2.11. The van der Waals surface area contributed by atoms with E-state index in [4.69, 9.17) is 0 Å². The third-order valence-electron chi connectivity index (χ3n) is 3.18. The van der Waals surface area contributed by atoms with Gasteiger partial charge in [0.15, 0.2) is 0 Å². The van der Waals surface area contributed by atoms with Crippen molar-refractivity contribution in [2.75, 3.05) is 0 Å². The molecule has 0 fully saturated rings. The summed E-state index contributed by atoms with van der Waals surface area (Å²) in [5.74, 6) is 2.26. The van der Waals surface area contributed by atoms with Gasteiger partial charge in [-0.15, -0.1) is 0 Å². The van der Waals surface area contributed by atoms with Crippen molar-refractivity contribution in [3.63, 3.8) is 0 Å². The van der Waals surface area contributed by atoms with Crippen molar-refractivity contribution in [1.82, 2.24) is 0 Å². The molecule has 2 atom stereocenters. The minimum atomic E-state index is 0.698. The topological polar surface area (TPSA) is 0 Å². The molecule has 0 N–H and O–H groups in total. The molecule has 0 heterocycles. The Bertz CT molecular complexity index is 155. The number of allylic oxidation sites excluding steroid dienone is 1. The van der Waals surface area contributed by atoms with Crippen molar-refractivity contribution in [1.29, 1.82) is 0 Å². The first-order valence-corrected chi connectivity index (χ1v) is 6.16. The predicted octanol–water partition coefficient (Wildman–Crippen LogP) is 5.05. The Morgan fingerprint density at radius 3 is 2.14 bits per heavy atom. The average molecular weight is 196 g/mol. The molecular weight excluding hydrogens is 168 g/mol. The minimum absolute atomic E-state index is 0.698. The second kappa shape index (κ2) is 7.09. The molecule has 0 aliphatic carbocycles. The molecule has 0 aromatic carbocycles. The molecule has 0 aromatic rings. The maximum Gasteiger partial charge on any atom is -0.0209 e. The summed E-state index contributed by atoms with van der Waals surface area (Å²) in [6.45, 7) is 15.7. The van der Waals surface area contributed by atoms with E-state index >= 15 is 0 Å². The number of rotatable bonds is 7.